The fourth-order valence-corrected chi connectivity index (χ4v) is 2.09. The lowest BCUT2D eigenvalue weighted by Gasteiger charge is -2.11. The number of alkyl halides is 3. The van der Waals surface area contributed by atoms with Gasteiger partial charge in [0.1, 0.15) is 5.75 Å². The molecule has 0 atom stereocenters. The normalized spacial score (nSPS) is 12.2. The molecule has 19 heavy (non-hydrogen) atoms. The van der Waals surface area contributed by atoms with Crippen molar-refractivity contribution < 1.29 is 17.9 Å². The number of fused-ring (bicyclic) bond motifs is 3. The molecule has 2 aromatic heterocycles. The topological polar surface area (TPSA) is 26.5 Å². The second-order valence-corrected chi connectivity index (χ2v) is 4.08. The predicted octanol–water partition coefficient (Wildman–Crippen LogP) is 3.51. The first-order chi connectivity index (χ1) is 9.00. The first-order valence-corrected chi connectivity index (χ1v) is 5.53. The Morgan fingerprint density at radius 1 is 1.16 bits per heavy atom. The van der Waals surface area contributed by atoms with E-state index in [1.54, 1.807) is 24.4 Å². The zero-order valence-corrected chi connectivity index (χ0v) is 9.90. The second kappa shape index (κ2) is 3.88. The van der Waals surface area contributed by atoms with Gasteiger partial charge in [-0.1, -0.05) is 0 Å². The van der Waals surface area contributed by atoms with E-state index >= 15 is 0 Å². The Hall–Kier alpha value is -2.24. The number of methoxy groups -OCH3 is 1. The molecule has 6 heteroatoms. The zero-order valence-electron chi connectivity index (χ0n) is 9.90. The van der Waals surface area contributed by atoms with Gasteiger partial charge in [0.2, 0.25) is 0 Å². The molecule has 0 saturated carbocycles. The smallest absolute Gasteiger partial charge is 0.435 e. The lowest BCUT2D eigenvalue weighted by molar-refractivity contribution is -0.139. The number of rotatable bonds is 1. The maximum atomic E-state index is 13.0. The summed E-state index contributed by atoms with van der Waals surface area (Å²) in [5.41, 5.74) is 0.00703. The number of halogens is 3. The molecule has 0 bridgehead atoms. The number of hydrogen-bond acceptors (Lipinski definition) is 2. The van der Waals surface area contributed by atoms with Crippen LogP contribution in [0.4, 0.5) is 13.2 Å². The summed E-state index contributed by atoms with van der Waals surface area (Å²) in [6.45, 7) is 0. The van der Waals surface area contributed by atoms with Gasteiger partial charge in [-0.25, -0.2) is 4.98 Å². The molecular formula is C13H9F3N2O. The number of hydrogen-bond donors (Lipinski definition) is 0. The van der Waals surface area contributed by atoms with E-state index in [4.69, 9.17) is 4.74 Å². The lowest BCUT2D eigenvalue weighted by atomic mass is 10.2. The van der Waals surface area contributed by atoms with Crippen LogP contribution in [0.25, 0.3) is 16.6 Å². The highest BCUT2D eigenvalue weighted by Gasteiger charge is 2.35. The Kier molecular flexibility index (Phi) is 2.41. The van der Waals surface area contributed by atoms with Crippen LogP contribution < -0.4 is 4.74 Å². The van der Waals surface area contributed by atoms with Crippen molar-refractivity contribution in [1.82, 2.24) is 9.38 Å². The lowest BCUT2D eigenvalue weighted by Crippen LogP contribution is -2.10. The predicted molar refractivity (Wildman–Crippen MR) is 64.3 cm³/mol. The molecule has 2 heterocycles. The fourth-order valence-electron chi connectivity index (χ4n) is 2.09. The number of benzene rings is 1. The Balaban J connectivity index is 2.44. The van der Waals surface area contributed by atoms with E-state index in [1.165, 1.54) is 23.6 Å². The van der Waals surface area contributed by atoms with Gasteiger partial charge in [0, 0.05) is 12.3 Å². The SMILES string of the molecule is COc1ccc2nc(C(F)(F)F)c3cccn3c2c1. The third kappa shape index (κ3) is 1.80. The monoisotopic (exact) mass is 266 g/mol. The van der Waals surface area contributed by atoms with Crippen LogP contribution in [0.1, 0.15) is 5.69 Å². The average molecular weight is 266 g/mol. The Morgan fingerprint density at radius 3 is 2.63 bits per heavy atom. The highest BCUT2D eigenvalue weighted by Crippen LogP contribution is 2.33. The van der Waals surface area contributed by atoms with Crippen LogP contribution in [0, 0.1) is 0 Å². The van der Waals surface area contributed by atoms with Gasteiger partial charge in [-0.05, 0) is 24.3 Å². The van der Waals surface area contributed by atoms with Crippen LogP contribution in [-0.2, 0) is 6.18 Å². The zero-order chi connectivity index (χ0) is 13.6. The van der Waals surface area contributed by atoms with Crippen LogP contribution >= 0.6 is 0 Å². The fraction of sp³-hybridized carbons (Fsp3) is 0.154. The van der Waals surface area contributed by atoms with Gasteiger partial charge in [0.05, 0.1) is 23.7 Å². The van der Waals surface area contributed by atoms with E-state index in [0.717, 1.165) is 0 Å². The Bertz CT molecular complexity index is 761. The molecular weight excluding hydrogens is 257 g/mol. The highest BCUT2D eigenvalue weighted by atomic mass is 19.4. The van der Waals surface area contributed by atoms with Crippen LogP contribution in [0.5, 0.6) is 5.75 Å². The summed E-state index contributed by atoms with van der Waals surface area (Å²) in [5.74, 6) is 0.573. The van der Waals surface area contributed by atoms with Crippen molar-refractivity contribution in [3.63, 3.8) is 0 Å². The van der Waals surface area contributed by atoms with Crippen molar-refractivity contribution >= 4 is 16.6 Å². The molecule has 3 aromatic rings. The van der Waals surface area contributed by atoms with Gasteiger partial charge in [-0.3, -0.25) is 0 Å². The number of ether oxygens (including phenoxy) is 1. The van der Waals surface area contributed by atoms with Crippen LogP contribution in [0.3, 0.4) is 0 Å². The molecule has 1 aromatic carbocycles. The van der Waals surface area contributed by atoms with Crippen molar-refractivity contribution in [2.75, 3.05) is 7.11 Å². The minimum atomic E-state index is -4.48. The molecule has 0 fully saturated rings. The molecule has 0 spiro atoms. The standard InChI is InChI=1S/C13H9F3N2O/c1-19-8-4-5-9-11(7-8)18-6-2-3-10(18)12(17-9)13(14,15)16/h2-7H,1H3. The average Bonchev–Trinajstić information content (AvgIpc) is 2.85. The first kappa shape index (κ1) is 11.8. The van der Waals surface area contributed by atoms with E-state index < -0.39 is 11.9 Å². The summed E-state index contributed by atoms with van der Waals surface area (Å²) in [4.78, 5) is 3.72. The molecule has 0 aliphatic carbocycles. The van der Waals surface area contributed by atoms with Crippen molar-refractivity contribution in [2.45, 2.75) is 6.18 Å². The minimum absolute atomic E-state index is 0.0354. The van der Waals surface area contributed by atoms with Gasteiger partial charge in [0.25, 0.3) is 0 Å². The molecule has 0 N–H and O–H groups in total. The second-order valence-electron chi connectivity index (χ2n) is 4.08. The van der Waals surface area contributed by atoms with Crippen LogP contribution in [0.15, 0.2) is 36.5 Å². The minimum Gasteiger partial charge on any atom is -0.497 e. The van der Waals surface area contributed by atoms with Gasteiger partial charge < -0.3 is 9.14 Å². The van der Waals surface area contributed by atoms with Crippen LogP contribution in [-0.4, -0.2) is 16.5 Å². The van der Waals surface area contributed by atoms with Crippen molar-refractivity contribution in [1.29, 1.82) is 0 Å². The molecule has 98 valence electrons. The third-order valence-electron chi connectivity index (χ3n) is 2.93. The van der Waals surface area contributed by atoms with E-state index in [9.17, 15) is 13.2 Å². The van der Waals surface area contributed by atoms with E-state index in [1.807, 2.05) is 0 Å². The highest BCUT2D eigenvalue weighted by molar-refractivity contribution is 5.81. The largest absolute Gasteiger partial charge is 0.497 e. The Morgan fingerprint density at radius 2 is 1.95 bits per heavy atom. The summed E-state index contributed by atoms with van der Waals surface area (Å²) in [6.07, 6.45) is -2.90. The molecule has 0 saturated heterocycles. The number of aromatic nitrogens is 2. The molecule has 0 unspecified atom stereocenters. The molecule has 3 rings (SSSR count). The summed E-state index contributed by atoms with van der Waals surface area (Å²) in [5, 5.41) is 0. The Labute approximate surface area is 106 Å². The van der Waals surface area contributed by atoms with Gasteiger partial charge in [-0.2, -0.15) is 13.2 Å². The van der Waals surface area contributed by atoms with Gasteiger partial charge in [-0.15, -0.1) is 0 Å². The third-order valence-corrected chi connectivity index (χ3v) is 2.93. The number of nitrogens with zero attached hydrogens (tertiary/aromatic N) is 2. The van der Waals surface area contributed by atoms with E-state index in [0.29, 0.717) is 11.3 Å². The molecule has 0 aliphatic rings. The van der Waals surface area contributed by atoms with Gasteiger partial charge >= 0.3 is 6.18 Å². The molecule has 0 radical (unpaired) electrons. The maximum Gasteiger partial charge on any atom is 0.435 e. The van der Waals surface area contributed by atoms with Crippen LogP contribution in [0.2, 0.25) is 0 Å². The molecule has 0 amide bonds. The maximum absolute atomic E-state index is 13.0. The summed E-state index contributed by atoms with van der Waals surface area (Å²) >= 11 is 0. The van der Waals surface area contributed by atoms with Crippen molar-refractivity contribution in [3.8, 4) is 5.75 Å². The molecule has 3 nitrogen and oxygen atoms in total. The first-order valence-electron chi connectivity index (χ1n) is 5.53. The summed E-state index contributed by atoms with van der Waals surface area (Å²) in [7, 11) is 1.51. The quantitative estimate of drug-likeness (QED) is 0.673. The summed E-state index contributed by atoms with van der Waals surface area (Å²) in [6, 6.07) is 7.73. The molecule has 0 aliphatic heterocycles. The van der Waals surface area contributed by atoms with E-state index in [-0.39, 0.29) is 11.0 Å². The van der Waals surface area contributed by atoms with E-state index in [2.05, 4.69) is 4.98 Å². The van der Waals surface area contributed by atoms with Crippen molar-refractivity contribution in [3.05, 3.63) is 42.2 Å². The van der Waals surface area contributed by atoms with Crippen molar-refractivity contribution in [2.24, 2.45) is 0 Å². The van der Waals surface area contributed by atoms with Gasteiger partial charge in [0.15, 0.2) is 5.69 Å². The summed E-state index contributed by atoms with van der Waals surface area (Å²) < 4.78 is 45.5.